The standard InChI is InChI=1S/C22H20FN2O.BrH/c1-15(2)18-5-8-21-20(13-18)24-22(26-21)17-9-11-25(12-10-17)14-16-3-6-19(23)7-4-16;/h3-13,15H,14H2,1-2H3;1H/q+1;/p-1. The maximum Gasteiger partial charge on any atom is 0.227 e. The molecule has 2 heterocycles. The van der Waals surface area contributed by atoms with Crippen molar-refractivity contribution in [2.75, 3.05) is 0 Å². The zero-order chi connectivity index (χ0) is 18.1. The van der Waals surface area contributed by atoms with Crippen molar-refractivity contribution in [1.82, 2.24) is 4.98 Å². The Labute approximate surface area is 168 Å². The van der Waals surface area contributed by atoms with Gasteiger partial charge in [0.05, 0.1) is 0 Å². The molecular weight excluding hydrogens is 407 g/mol. The molecule has 0 radical (unpaired) electrons. The molecule has 0 amide bonds. The maximum atomic E-state index is 13.0. The zero-order valence-corrected chi connectivity index (χ0v) is 16.8. The molecule has 0 aliphatic rings. The number of oxazole rings is 1. The number of hydrogen-bond donors (Lipinski definition) is 0. The minimum Gasteiger partial charge on any atom is -1.00 e. The molecule has 5 heteroatoms. The first-order chi connectivity index (χ1) is 12.6. The van der Waals surface area contributed by atoms with Crippen molar-refractivity contribution >= 4 is 11.1 Å². The van der Waals surface area contributed by atoms with Gasteiger partial charge in [-0.15, -0.1) is 0 Å². The number of nitrogens with zero attached hydrogens (tertiary/aromatic N) is 2. The Hall–Kier alpha value is -2.53. The number of halogens is 2. The summed E-state index contributed by atoms with van der Waals surface area (Å²) in [5.74, 6) is 0.863. The maximum absolute atomic E-state index is 13.0. The van der Waals surface area contributed by atoms with E-state index >= 15 is 0 Å². The molecule has 0 fully saturated rings. The van der Waals surface area contributed by atoms with E-state index in [1.54, 1.807) is 12.1 Å². The Kier molecular flexibility index (Phi) is 5.71. The van der Waals surface area contributed by atoms with E-state index < -0.39 is 0 Å². The number of hydrogen-bond acceptors (Lipinski definition) is 2. The van der Waals surface area contributed by atoms with Crippen LogP contribution in [0.25, 0.3) is 22.6 Å². The third-order valence-electron chi connectivity index (χ3n) is 4.49. The molecule has 4 aromatic rings. The smallest absolute Gasteiger partial charge is 0.227 e. The molecule has 2 aromatic heterocycles. The second-order valence-corrected chi connectivity index (χ2v) is 6.79. The molecule has 0 aliphatic heterocycles. The quantitative estimate of drug-likeness (QED) is 0.467. The lowest BCUT2D eigenvalue weighted by Gasteiger charge is -2.02. The first-order valence-electron chi connectivity index (χ1n) is 8.73. The van der Waals surface area contributed by atoms with E-state index in [2.05, 4.69) is 31.0 Å². The third-order valence-corrected chi connectivity index (χ3v) is 4.49. The van der Waals surface area contributed by atoms with E-state index in [1.165, 1.54) is 17.7 Å². The minimum atomic E-state index is -0.217. The van der Waals surface area contributed by atoms with Crippen LogP contribution in [0.4, 0.5) is 4.39 Å². The molecule has 0 saturated heterocycles. The highest BCUT2D eigenvalue weighted by Gasteiger charge is 2.12. The molecule has 3 nitrogen and oxygen atoms in total. The summed E-state index contributed by atoms with van der Waals surface area (Å²) in [5, 5.41) is 0. The molecule has 0 atom stereocenters. The summed E-state index contributed by atoms with van der Waals surface area (Å²) < 4.78 is 20.9. The Morgan fingerprint density at radius 1 is 1.00 bits per heavy atom. The Bertz CT molecular complexity index is 1040. The third kappa shape index (κ3) is 4.25. The Morgan fingerprint density at radius 2 is 1.70 bits per heavy atom. The van der Waals surface area contributed by atoms with E-state index in [0.29, 0.717) is 18.4 Å². The fourth-order valence-corrected chi connectivity index (χ4v) is 2.93. The lowest BCUT2D eigenvalue weighted by Crippen LogP contribution is -3.00. The van der Waals surface area contributed by atoms with Crippen molar-refractivity contribution in [2.24, 2.45) is 0 Å². The summed E-state index contributed by atoms with van der Waals surface area (Å²) in [6.45, 7) is 5.02. The zero-order valence-electron chi connectivity index (χ0n) is 15.2. The SMILES string of the molecule is CC(C)c1ccc2oc(-c3cc[n+](Cc4ccc(F)cc4)cc3)nc2c1.[Br-]. The van der Waals surface area contributed by atoms with Crippen molar-refractivity contribution in [1.29, 1.82) is 0 Å². The van der Waals surface area contributed by atoms with E-state index in [9.17, 15) is 4.39 Å². The van der Waals surface area contributed by atoms with Gasteiger partial charge in [-0.25, -0.2) is 13.9 Å². The Morgan fingerprint density at radius 3 is 2.37 bits per heavy atom. The van der Waals surface area contributed by atoms with Crippen LogP contribution in [0.3, 0.4) is 0 Å². The molecular formula is C22H20BrFN2O. The molecule has 0 spiro atoms. The summed E-state index contributed by atoms with van der Waals surface area (Å²) in [4.78, 5) is 4.63. The van der Waals surface area contributed by atoms with Crippen molar-refractivity contribution in [2.45, 2.75) is 26.3 Å². The molecule has 0 aliphatic carbocycles. The first-order valence-corrected chi connectivity index (χ1v) is 8.73. The molecule has 4 rings (SSSR count). The first kappa shape index (κ1) is 19.2. The van der Waals surface area contributed by atoms with Crippen molar-refractivity contribution < 1.29 is 30.4 Å². The normalized spacial score (nSPS) is 11.0. The van der Waals surface area contributed by atoms with Crippen LogP contribution >= 0.6 is 0 Å². The van der Waals surface area contributed by atoms with Gasteiger partial charge in [-0.05, 0) is 47.9 Å². The van der Waals surface area contributed by atoms with Gasteiger partial charge in [0.2, 0.25) is 5.89 Å². The summed E-state index contributed by atoms with van der Waals surface area (Å²) >= 11 is 0. The van der Waals surface area contributed by atoms with Gasteiger partial charge in [0.15, 0.2) is 24.5 Å². The minimum absolute atomic E-state index is 0. The van der Waals surface area contributed by atoms with Crippen LogP contribution < -0.4 is 21.5 Å². The lowest BCUT2D eigenvalue weighted by atomic mass is 10.0. The van der Waals surface area contributed by atoms with Crippen LogP contribution in [0.1, 0.15) is 30.9 Å². The summed E-state index contributed by atoms with van der Waals surface area (Å²) in [7, 11) is 0. The van der Waals surface area contributed by atoms with Crippen LogP contribution in [-0.2, 0) is 6.54 Å². The fraction of sp³-hybridized carbons (Fsp3) is 0.182. The summed E-state index contributed by atoms with van der Waals surface area (Å²) in [6, 6.07) is 16.7. The molecule has 138 valence electrons. The number of fused-ring (bicyclic) bond motifs is 1. The van der Waals surface area contributed by atoms with Gasteiger partial charge in [0, 0.05) is 23.3 Å². The van der Waals surface area contributed by atoms with E-state index in [4.69, 9.17) is 4.42 Å². The molecule has 0 N–H and O–H groups in total. The highest BCUT2D eigenvalue weighted by Crippen LogP contribution is 2.26. The number of pyridine rings is 1. The van der Waals surface area contributed by atoms with Gasteiger partial charge in [-0.2, -0.15) is 0 Å². The Balaban J connectivity index is 0.00000210. The highest BCUT2D eigenvalue weighted by molar-refractivity contribution is 5.76. The van der Waals surface area contributed by atoms with Gasteiger partial charge < -0.3 is 21.4 Å². The molecule has 0 unspecified atom stereocenters. The fourth-order valence-electron chi connectivity index (χ4n) is 2.93. The van der Waals surface area contributed by atoms with Gasteiger partial charge in [-0.3, -0.25) is 0 Å². The number of aromatic nitrogens is 2. The van der Waals surface area contributed by atoms with Gasteiger partial charge in [0.25, 0.3) is 0 Å². The molecule has 0 saturated carbocycles. The predicted molar refractivity (Wildman–Crippen MR) is 99.2 cm³/mol. The van der Waals surface area contributed by atoms with E-state index in [-0.39, 0.29) is 22.8 Å². The number of benzene rings is 2. The second-order valence-electron chi connectivity index (χ2n) is 6.79. The highest BCUT2D eigenvalue weighted by atomic mass is 79.9. The number of rotatable bonds is 4. The van der Waals surface area contributed by atoms with Gasteiger partial charge >= 0.3 is 0 Å². The van der Waals surface area contributed by atoms with E-state index in [0.717, 1.165) is 22.2 Å². The molecule has 2 aromatic carbocycles. The lowest BCUT2D eigenvalue weighted by molar-refractivity contribution is -0.688. The second kappa shape index (κ2) is 8.01. The van der Waals surface area contributed by atoms with Crippen molar-refractivity contribution in [3.8, 4) is 11.5 Å². The predicted octanol–water partition coefficient (Wildman–Crippen LogP) is 2.10. The van der Waals surface area contributed by atoms with Crippen LogP contribution in [-0.4, -0.2) is 4.98 Å². The average molecular weight is 427 g/mol. The van der Waals surface area contributed by atoms with Crippen LogP contribution in [0.5, 0.6) is 0 Å². The average Bonchev–Trinajstić information content (AvgIpc) is 3.07. The van der Waals surface area contributed by atoms with Crippen molar-refractivity contribution in [3.05, 3.63) is 83.9 Å². The molecule has 27 heavy (non-hydrogen) atoms. The summed E-state index contributed by atoms with van der Waals surface area (Å²) in [6.07, 6.45) is 3.96. The monoisotopic (exact) mass is 426 g/mol. The van der Waals surface area contributed by atoms with Crippen LogP contribution in [0.15, 0.2) is 71.4 Å². The van der Waals surface area contributed by atoms with Crippen LogP contribution in [0, 0.1) is 5.82 Å². The van der Waals surface area contributed by atoms with E-state index in [1.807, 2.05) is 35.2 Å². The summed E-state index contributed by atoms with van der Waals surface area (Å²) in [5.41, 5.74) is 4.92. The molecule has 0 bridgehead atoms. The van der Waals surface area contributed by atoms with Crippen molar-refractivity contribution in [3.63, 3.8) is 0 Å². The largest absolute Gasteiger partial charge is 1.00 e. The van der Waals surface area contributed by atoms with Gasteiger partial charge in [-0.1, -0.05) is 19.9 Å². The van der Waals surface area contributed by atoms with Gasteiger partial charge in [0.1, 0.15) is 11.3 Å². The topological polar surface area (TPSA) is 29.9 Å². The van der Waals surface area contributed by atoms with Crippen LogP contribution in [0.2, 0.25) is 0 Å².